The number of nitrogens with one attached hydrogen (secondary N) is 1. The third-order valence-electron chi connectivity index (χ3n) is 6.16. The molecule has 0 aromatic rings. The number of likely N-dealkylation sites (tertiary alicyclic amines) is 1. The predicted octanol–water partition coefficient (Wildman–Crippen LogP) is 2.61. The summed E-state index contributed by atoms with van der Waals surface area (Å²) in [4.78, 5) is 26.8. The van der Waals surface area contributed by atoms with Crippen molar-refractivity contribution in [3.05, 3.63) is 0 Å². The molecule has 1 heterocycles. The second-order valence-corrected chi connectivity index (χ2v) is 8.16. The van der Waals surface area contributed by atoms with Crippen LogP contribution in [0.1, 0.15) is 70.6 Å². The van der Waals surface area contributed by atoms with Crippen molar-refractivity contribution < 1.29 is 9.59 Å². The maximum atomic E-state index is 12.6. The van der Waals surface area contributed by atoms with Crippen LogP contribution in [0.5, 0.6) is 0 Å². The molecule has 0 spiro atoms. The summed E-state index contributed by atoms with van der Waals surface area (Å²) in [5, 5.41) is 3.21. The topological polar surface area (TPSA) is 75.4 Å². The fourth-order valence-electron chi connectivity index (χ4n) is 4.72. The summed E-state index contributed by atoms with van der Waals surface area (Å²) in [5.41, 5.74) is 5.99. The normalized spacial score (nSPS) is 30.6. The van der Waals surface area contributed by atoms with Gasteiger partial charge < -0.3 is 16.0 Å². The van der Waals surface area contributed by atoms with Gasteiger partial charge in [-0.2, -0.15) is 0 Å². The van der Waals surface area contributed by atoms with Gasteiger partial charge in [0.05, 0.1) is 0 Å². The average Bonchev–Trinajstić information content (AvgIpc) is 3.07. The number of carbonyl (C=O) groups excluding carboxylic acids is 2. The highest BCUT2D eigenvalue weighted by Crippen LogP contribution is 2.29. The lowest BCUT2D eigenvalue weighted by Crippen LogP contribution is -2.49. The van der Waals surface area contributed by atoms with E-state index in [2.05, 4.69) is 5.32 Å². The lowest BCUT2D eigenvalue weighted by Gasteiger charge is -2.36. The first kappa shape index (κ1) is 20.5. The zero-order valence-electron chi connectivity index (χ0n) is 15.3. The first-order valence-electron chi connectivity index (χ1n) is 9.95. The fourth-order valence-corrected chi connectivity index (χ4v) is 4.72. The molecule has 2 amide bonds. The van der Waals surface area contributed by atoms with Crippen LogP contribution in [0, 0.1) is 11.8 Å². The van der Waals surface area contributed by atoms with E-state index in [-0.39, 0.29) is 36.3 Å². The van der Waals surface area contributed by atoms with Crippen molar-refractivity contribution in [2.75, 3.05) is 13.1 Å². The van der Waals surface area contributed by atoms with E-state index in [1.54, 1.807) is 0 Å². The van der Waals surface area contributed by atoms with Crippen LogP contribution in [-0.4, -0.2) is 41.9 Å². The summed E-state index contributed by atoms with van der Waals surface area (Å²) in [6.45, 7) is 1.58. The highest BCUT2D eigenvalue weighted by Gasteiger charge is 2.32. The molecule has 1 atom stereocenters. The zero-order valence-corrected chi connectivity index (χ0v) is 16.1. The Hall–Kier alpha value is -0.810. The molecule has 3 rings (SSSR count). The predicted molar refractivity (Wildman–Crippen MR) is 102 cm³/mol. The lowest BCUT2D eigenvalue weighted by atomic mass is 9.84. The van der Waals surface area contributed by atoms with E-state index in [0.29, 0.717) is 18.2 Å². The van der Waals surface area contributed by atoms with Gasteiger partial charge in [-0.25, -0.2) is 0 Å². The molecule has 2 saturated carbocycles. The zero-order chi connectivity index (χ0) is 16.9. The molecular formula is C19H34ClN3O2. The Labute approximate surface area is 157 Å². The number of hydrogen-bond donors (Lipinski definition) is 2. The molecule has 3 aliphatic rings. The molecule has 0 aromatic carbocycles. The molecule has 25 heavy (non-hydrogen) atoms. The highest BCUT2D eigenvalue weighted by molar-refractivity contribution is 5.85. The second-order valence-electron chi connectivity index (χ2n) is 8.16. The largest absolute Gasteiger partial charge is 0.353 e. The summed E-state index contributed by atoms with van der Waals surface area (Å²) < 4.78 is 0. The molecule has 0 bridgehead atoms. The molecule has 1 aliphatic heterocycles. The molecule has 1 unspecified atom stereocenters. The highest BCUT2D eigenvalue weighted by atomic mass is 35.5. The van der Waals surface area contributed by atoms with Crippen LogP contribution in [-0.2, 0) is 9.59 Å². The van der Waals surface area contributed by atoms with Crippen molar-refractivity contribution in [1.82, 2.24) is 10.2 Å². The molecule has 0 radical (unpaired) electrons. The third-order valence-corrected chi connectivity index (χ3v) is 6.16. The molecule has 3 fully saturated rings. The van der Waals surface area contributed by atoms with E-state index < -0.39 is 0 Å². The molecule has 6 heteroatoms. The van der Waals surface area contributed by atoms with Gasteiger partial charge in [-0.3, -0.25) is 9.59 Å². The van der Waals surface area contributed by atoms with Gasteiger partial charge in [0.25, 0.3) is 0 Å². The minimum absolute atomic E-state index is 0. The molecule has 0 aromatic heterocycles. The minimum atomic E-state index is 0. The van der Waals surface area contributed by atoms with Crippen molar-refractivity contribution in [1.29, 1.82) is 0 Å². The van der Waals surface area contributed by atoms with Gasteiger partial charge in [-0.1, -0.05) is 12.8 Å². The van der Waals surface area contributed by atoms with Crippen LogP contribution in [0.25, 0.3) is 0 Å². The number of nitrogens with two attached hydrogens (primary N) is 1. The smallest absolute Gasteiger partial charge is 0.225 e. The number of nitrogens with zero attached hydrogens (tertiary/aromatic N) is 1. The quantitative estimate of drug-likeness (QED) is 0.797. The lowest BCUT2D eigenvalue weighted by molar-refractivity contribution is -0.137. The Bertz CT molecular complexity index is 446. The van der Waals surface area contributed by atoms with E-state index in [4.69, 9.17) is 5.73 Å². The molecular weight excluding hydrogens is 338 g/mol. The summed E-state index contributed by atoms with van der Waals surface area (Å²) in [6.07, 6.45) is 11.4. The Morgan fingerprint density at radius 1 is 0.960 bits per heavy atom. The van der Waals surface area contributed by atoms with Crippen LogP contribution in [0.15, 0.2) is 0 Å². The van der Waals surface area contributed by atoms with Crippen LogP contribution in [0.4, 0.5) is 0 Å². The van der Waals surface area contributed by atoms with Gasteiger partial charge in [-0.15, -0.1) is 12.4 Å². The Kier molecular flexibility index (Phi) is 8.01. The van der Waals surface area contributed by atoms with Crippen molar-refractivity contribution in [2.24, 2.45) is 17.6 Å². The Morgan fingerprint density at radius 3 is 2.28 bits per heavy atom. The van der Waals surface area contributed by atoms with E-state index in [0.717, 1.165) is 51.6 Å². The maximum Gasteiger partial charge on any atom is 0.225 e. The van der Waals surface area contributed by atoms with Gasteiger partial charge >= 0.3 is 0 Å². The number of rotatable bonds is 4. The summed E-state index contributed by atoms with van der Waals surface area (Å²) in [6, 6.07) is 0.417. The monoisotopic (exact) mass is 371 g/mol. The van der Waals surface area contributed by atoms with E-state index in [1.807, 2.05) is 4.90 Å². The fraction of sp³-hybridized carbons (Fsp3) is 0.895. The van der Waals surface area contributed by atoms with Gasteiger partial charge in [-0.05, 0) is 57.3 Å². The first-order chi connectivity index (χ1) is 11.6. The SMILES string of the molecule is Cl.NC1CCCN(C(=O)C2CCC(NC(=O)CC3CCCC3)CC2)C1. The van der Waals surface area contributed by atoms with Crippen LogP contribution < -0.4 is 11.1 Å². The summed E-state index contributed by atoms with van der Waals surface area (Å²) in [5.74, 6) is 1.25. The van der Waals surface area contributed by atoms with E-state index in [9.17, 15) is 9.59 Å². The van der Waals surface area contributed by atoms with Gasteiger partial charge in [0.15, 0.2) is 0 Å². The number of piperidine rings is 1. The molecule has 5 nitrogen and oxygen atoms in total. The Morgan fingerprint density at radius 2 is 1.64 bits per heavy atom. The van der Waals surface area contributed by atoms with Crippen LogP contribution >= 0.6 is 12.4 Å². The van der Waals surface area contributed by atoms with Gasteiger partial charge in [0, 0.05) is 37.5 Å². The Balaban J connectivity index is 0.00000225. The van der Waals surface area contributed by atoms with E-state index in [1.165, 1.54) is 25.7 Å². The molecule has 1 saturated heterocycles. The summed E-state index contributed by atoms with van der Waals surface area (Å²) in [7, 11) is 0. The van der Waals surface area contributed by atoms with Crippen molar-refractivity contribution in [2.45, 2.75) is 82.7 Å². The van der Waals surface area contributed by atoms with Crippen LogP contribution in [0.2, 0.25) is 0 Å². The van der Waals surface area contributed by atoms with Gasteiger partial charge in [0.2, 0.25) is 11.8 Å². The number of halogens is 1. The van der Waals surface area contributed by atoms with Crippen molar-refractivity contribution >= 4 is 24.2 Å². The standard InChI is InChI=1S/C19H33N3O2.ClH/c20-16-6-3-11-22(13-16)19(24)15-7-9-17(10-8-15)21-18(23)12-14-4-1-2-5-14;/h14-17H,1-13,20H2,(H,21,23);1H. The summed E-state index contributed by atoms with van der Waals surface area (Å²) >= 11 is 0. The number of hydrogen-bond acceptors (Lipinski definition) is 3. The average molecular weight is 372 g/mol. The number of carbonyl (C=O) groups is 2. The van der Waals surface area contributed by atoms with Crippen molar-refractivity contribution in [3.63, 3.8) is 0 Å². The number of amides is 2. The van der Waals surface area contributed by atoms with Crippen molar-refractivity contribution in [3.8, 4) is 0 Å². The van der Waals surface area contributed by atoms with E-state index >= 15 is 0 Å². The third kappa shape index (κ3) is 5.85. The maximum absolute atomic E-state index is 12.6. The molecule has 3 N–H and O–H groups in total. The van der Waals surface area contributed by atoms with Gasteiger partial charge in [0.1, 0.15) is 0 Å². The van der Waals surface area contributed by atoms with Crippen LogP contribution in [0.3, 0.4) is 0 Å². The molecule has 144 valence electrons. The second kappa shape index (κ2) is 9.77. The first-order valence-corrected chi connectivity index (χ1v) is 9.95. The molecule has 2 aliphatic carbocycles. The minimum Gasteiger partial charge on any atom is -0.353 e.